The summed E-state index contributed by atoms with van der Waals surface area (Å²) in [5.74, 6) is 6.63. The van der Waals surface area contributed by atoms with Crippen LogP contribution in [0.2, 0.25) is 0 Å². The molecule has 3 aromatic rings. The zero-order chi connectivity index (χ0) is 81.9. The van der Waals surface area contributed by atoms with Crippen molar-refractivity contribution in [3.63, 3.8) is 0 Å². The molecule has 10 rings (SSSR count). The summed E-state index contributed by atoms with van der Waals surface area (Å²) in [5.41, 5.74) is 0. The lowest BCUT2D eigenvalue weighted by Gasteiger charge is -2.27. The maximum atomic E-state index is 11.1. The normalized spacial score (nSPS) is 20.0. The van der Waals surface area contributed by atoms with Crippen LogP contribution in [0.3, 0.4) is 0 Å². The van der Waals surface area contributed by atoms with Gasteiger partial charge in [-0.25, -0.2) is 0 Å². The number of aliphatic hydroxyl groups excluding tert-OH is 2. The van der Waals surface area contributed by atoms with E-state index in [-0.39, 0.29) is 91.1 Å². The summed E-state index contributed by atoms with van der Waals surface area (Å²) in [7, 11) is 0. The van der Waals surface area contributed by atoms with Crippen LogP contribution < -0.4 is 37.5 Å². The standard InChI is InChI=1S/C82H128O30S5/c1-8-14-85-20-26-91-43-57(83)45-108-61(49-94-29-23-88-17-11-4)54-111-60(48-93-28-22-87-16-10-3)52-97-47-59(110-53-63(51-96-31-25-90-19-13-6)112-55-62(50-95-30-24-89-18-12-5)109-46-58(84)44-92-27-21-86-15-9-2)42-64-66-68(101-35-33-99-66)76(114-64)78-70-72(105-39-37-103-70)80(116-78)82-74-73(106-40-41-107-74)81(117-82)79-71-69(102-36-38-104-71)77(115-79)75-67-65(56(7)113-75)98-32-34-100-67/h56-63,78,83-84H,8-55H2,1-7H3/b77-75?,81-79+,82-80+. The summed E-state index contributed by atoms with van der Waals surface area (Å²) in [6, 6.07) is 0. The van der Waals surface area contributed by atoms with Crippen molar-refractivity contribution in [2.24, 2.45) is 0 Å². The Morgan fingerprint density at radius 1 is 0.291 bits per heavy atom. The average molecular weight is 1750 g/mol. The van der Waals surface area contributed by atoms with E-state index in [9.17, 15) is 10.2 Å². The third-order valence-electron chi connectivity index (χ3n) is 18.1. The molecular weight excluding hydrogens is 1630 g/mol. The quantitative estimate of drug-likeness (QED) is 0.0499. The van der Waals surface area contributed by atoms with Gasteiger partial charge in [-0.3, -0.25) is 0 Å². The van der Waals surface area contributed by atoms with Gasteiger partial charge in [0.25, 0.3) is 0 Å². The van der Waals surface area contributed by atoms with E-state index in [2.05, 4.69) is 34.6 Å². The second kappa shape index (κ2) is 55.5. The van der Waals surface area contributed by atoms with Crippen molar-refractivity contribution in [2.45, 2.75) is 147 Å². The second-order valence-corrected chi connectivity index (χ2v) is 33.8. The predicted molar refractivity (Wildman–Crippen MR) is 442 cm³/mol. The maximum Gasteiger partial charge on any atom is 0.181 e. The molecule has 2 N–H and O–H groups in total. The van der Waals surface area contributed by atoms with Crippen molar-refractivity contribution < 1.29 is 143 Å². The largest absolute Gasteiger partial charge is 0.489 e. The van der Waals surface area contributed by atoms with E-state index in [4.69, 9.17) is 133 Å². The van der Waals surface area contributed by atoms with Crippen LogP contribution in [0.5, 0.6) is 34.5 Å². The highest BCUT2D eigenvalue weighted by atomic mass is 32.2. The molecule has 0 saturated heterocycles. The van der Waals surface area contributed by atoms with Gasteiger partial charge in [0.15, 0.2) is 57.5 Å². The molecule has 3 aromatic heterocycles. The number of hydrogen-bond acceptors (Lipinski definition) is 35. The minimum atomic E-state index is -0.926. The van der Waals surface area contributed by atoms with E-state index < -0.39 is 48.0 Å². The highest BCUT2D eigenvalue weighted by Gasteiger charge is 2.44. The third kappa shape index (κ3) is 30.8. The Kier molecular flexibility index (Phi) is 45.2. The maximum absolute atomic E-state index is 11.1. The van der Waals surface area contributed by atoms with Crippen molar-refractivity contribution in [3.05, 3.63) is 50.9 Å². The zero-order valence-corrected chi connectivity index (χ0v) is 73.6. The van der Waals surface area contributed by atoms with E-state index >= 15 is 0 Å². The van der Waals surface area contributed by atoms with Crippen molar-refractivity contribution in [2.75, 3.05) is 271 Å². The fraction of sp³-hybridized carbons (Fsp3) is 0.780. The molecule has 30 nitrogen and oxygen atoms in total. The third-order valence-corrected chi connectivity index (χ3v) is 24.8. The second-order valence-electron chi connectivity index (χ2n) is 28.1. The highest BCUT2D eigenvalue weighted by Crippen LogP contribution is 2.61. The molecule has 7 aliphatic heterocycles. The fourth-order valence-corrected chi connectivity index (χ4v) is 19.4. The molecule has 0 fully saturated rings. The predicted octanol–water partition coefficient (Wildman–Crippen LogP) is 8.69. The van der Waals surface area contributed by atoms with Crippen LogP contribution in [0.15, 0.2) is 23.0 Å². The topological polar surface area (TPSA) is 299 Å². The van der Waals surface area contributed by atoms with Crippen LogP contribution in [-0.4, -0.2) is 329 Å². The van der Waals surface area contributed by atoms with E-state index in [0.29, 0.717) is 237 Å². The Morgan fingerprint density at radius 3 is 1.03 bits per heavy atom. The summed E-state index contributed by atoms with van der Waals surface area (Å²) < 4.78 is 180. The Morgan fingerprint density at radius 2 is 0.598 bits per heavy atom. The molecule has 666 valence electrons. The Hall–Kier alpha value is -3.78. The lowest BCUT2D eigenvalue weighted by atomic mass is 10.1. The molecule has 0 spiro atoms. The van der Waals surface area contributed by atoms with Crippen LogP contribution in [0.1, 0.15) is 102 Å². The zero-order valence-electron chi connectivity index (χ0n) is 69.5. The molecule has 35 heteroatoms. The smallest absolute Gasteiger partial charge is 0.181 e. The fourth-order valence-electron chi connectivity index (χ4n) is 12.6. The molecule has 9 unspecified atom stereocenters. The molecule has 117 heavy (non-hydrogen) atoms. The van der Waals surface area contributed by atoms with Gasteiger partial charge in [0.1, 0.15) is 108 Å². The first-order chi connectivity index (χ1) is 57.6. The summed E-state index contributed by atoms with van der Waals surface area (Å²) >= 11 is 8.00. The van der Waals surface area contributed by atoms with Crippen molar-refractivity contribution in [1.29, 1.82) is 0 Å². The van der Waals surface area contributed by atoms with Gasteiger partial charge >= 0.3 is 0 Å². The van der Waals surface area contributed by atoms with Gasteiger partial charge in [-0.15, -0.1) is 57.5 Å². The van der Waals surface area contributed by atoms with Crippen LogP contribution in [-0.2, 0) is 111 Å². The molecule has 0 aromatic carbocycles. The molecule has 9 atom stereocenters. The summed E-state index contributed by atoms with van der Waals surface area (Å²) in [5, 5.41) is 21.7. The molecule has 0 bridgehead atoms. The molecule has 0 radical (unpaired) electrons. The molecule has 0 saturated carbocycles. The van der Waals surface area contributed by atoms with E-state index in [1.54, 1.807) is 57.5 Å². The molecule has 7 aliphatic rings. The van der Waals surface area contributed by atoms with Gasteiger partial charge in [-0.1, -0.05) is 41.5 Å². The van der Waals surface area contributed by atoms with Crippen molar-refractivity contribution in [1.82, 2.24) is 0 Å². The minimum absolute atomic E-state index is 0.0300. The summed E-state index contributed by atoms with van der Waals surface area (Å²) in [6.45, 7) is 27.2. The highest BCUT2D eigenvalue weighted by molar-refractivity contribution is 8.09. The van der Waals surface area contributed by atoms with Gasteiger partial charge in [0, 0.05) is 46.1 Å². The first-order valence-corrected chi connectivity index (χ1v) is 46.1. The number of ether oxygens (including phenoxy) is 28. The number of thiophene rings is 3. The number of hydrogen-bond donors (Lipinski definition) is 2. The van der Waals surface area contributed by atoms with E-state index in [0.717, 1.165) is 87.7 Å². The SMILES string of the molecule is CCCOCCOCC(O)COC(COCCOCCC)COC(COCCOCCC)COCC(Cc1sc(C2S/C(=c3/s/c(=c4/sc(=C5SC(C)C6=C5OCCO6)c5c4OCCO5)c4c3OCCO4)C3=C2OCCO3)c2c1OCCO2)OCC(COCCOCCC)OCC(COCCOCCC)OCC(O)COCCOCCC. The van der Waals surface area contributed by atoms with Gasteiger partial charge < -0.3 is 143 Å². The molecular formula is C82H128O30S5. The lowest BCUT2D eigenvalue weighted by Crippen LogP contribution is -2.37. The lowest BCUT2D eigenvalue weighted by molar-refractivity contribution is -0.142. The average Bonchev–Trinajstić information content (AvgIpc) is 1.57. The van der Waals surface area contributed by atoms with E-state index in [1.807, 2.05) is 13.8 Å². The Labute approximate surface area is 709 Å². The van der Waals surface area contributed by atoms with Gasteiger partial charge in [-0.2, -0.15) is 0 Å². The van der Waals surface area contributed by atoms with Crippen LogP contribution in [0, 0.1) is 9.06 Å². The van der Waals surface area contributed by atoms with Gasteiger partial charge in [-0.05, 0) is 45.4 Å². The van der Waals surface area contributed by atoms with E-state index in [1.165, 1.54) is 0 Å². The first-order valence-electron chi connectivity index (χ1n) is 41.9. The Balaban J connectivity index is 0.950. The summed E-state index contributed by atoms with van der Waals surface area (Å²) in [4.78, 5) is 3.52. The monoisotopic (exact) mass is 1750 g/mol. The van der Waals surface area contributed by atoms with Crippen molar-refractivity contribution >= 4 is 67.3 Å². The van der Waals surface area contributed by atoms with Gasteiger partial charge in [0.2, 0.25) is 0 Å². The van der Waals surface area contributed by atoms with Crippen LogP contribution >= 0.6 is 57.5 Å². The Bertz CT molecular complexity index is 3580. The number of aliphatic hydroxyl groups is 2. The number of rotatable bonds is 64. The number of fused-ring (bicyclic) bond motifs is 3. The number of thioether (sulfide) groups is 2. The van der Waals surface area contributed by atoms with Crippen LogP contribution in [0.4, 0.5) is 0 Å². The molecule has 10 heterocycles. The summed E-state index contributed by atoms with van der Waals surface area (Å²) in [6.07, 6.45) is 0.586. The molecule has 0 aliphatic carbocycles. The minimum Gasteiger partial charge on any atom is -0.489 e. The first kappa shape index (κ1) is 95.5. The van der Waals surface area contributed by atoms with Crippen LogP contribution in [0.25, 0.3) is 9.81 Å². The molecule has 0 amide bonds. The van der Waals surface area contributed by atoms with Crippen molar-refractivity contribution in [3.8, 4) is 34.5 Å². The van der Waals surface area contributed by atoms with Gasteiger partial charge in [0.05, 0.1) is 214 Å².